The maximum Gasteiger partial charge on any atom is 0.193 e. The number of unbranched alkanes of at least 4 members (excludes halogenated alkanes) is 4. The molecule has 0 atom stereocenters. The van der Waals surface area contributed by atoms with E-state index in [1.807, 2.05) is 48.5 Å². The minimum absolute atomic E-state index is 0.142. The predicted molar refractivity (Wildman–Crippen MR) is 103 cm³/mol. The topological polar surface area (TPSA) is 17.1 Å². The summed E-state index contributed by atoms with van der Waals surface area (Å²) in [7, 11) is 0. The van der Waals surface area contributed by atoms with Crippen molar-refractivity contribution in [1.82, 2.24) is 0 Å². The minimum atomic E-state index is 0.142. The van der Waals surface area contributed by atoms with Crippen LogP contribution in [0.2, 0.25) is 0 Å². The monoisotopic (exact) mass is 322 g/mol. The molecule has 0 aromatic heterocycles. The van der Waals surface area contributed by atoms with E-state index in [1.165, 1.54) is 44.1 Å². The lowest BCUT2D eigenvalue weighted by molar-refractivity contribution is 0.103. The number of aryl methyl sites for hydroxylation is 1. The van der Waals surface area contributed by atoms with E-state index in [9.17, 15) is 4.79 Å². The standard InChI is InChI=1S/C23H30O/c1-19(2)13-7-4-3-5-8-14-20-15-11-12-18-22(20)23(24)21-16-9-6-10-17-21/h6,9-12,15-19H,3-5,7-8,13-14H2,1-2H3. The van der Waals surface area contributed by atoms with Crippen molar-refractivity contribution in [3.8, 4) is 0 Å². The van der Waals surface area contributed by atoms with E-state index in [0.29, 0.717) is 0 Å². The molecule has 0 aliphatic heterocycles. The molecule has 0 spiro atoms. The van der Waals surface area contributed by atoms with Crippen LogP contribution in [0.1, 0.15) is 73.9 Å². The van der Waals surface area contributed by atoms with E-state index in [-0.39, 0.29) is 5.78 Å². The predicted octanol–water partition coefficient (Wildman–Crippen LogP) is 6.46. The van der Waals surface area contributed by atoms with Crippen LogP contribution < -0.4 is 0 Å². The van der Waals surface area contributed by atoms with Crippen LogP contribution in [0.3, 0.4) is 0 Å². The number of rotatable bonds is 10. The highest BCUT2D eigenvalue weighted by Gasteiger charge is 2.12. The summed E-state index contributed by atoms with van der Waals surface area (Å²) >= 11 is 0. The third-order valence-corrected chi connectivity index (χ3v) is 4.53. The van der Waals surface area contributed by atoms with Gasteiger partial charge in [-0.1, -0.05) is 101 Å². The van der Waals surface area contributed by atoms with Gasteiger partial charge in [0.25, 0.3) is 0 Å². The largest absolute Gasteiger partial charge is 0.289 e. The van der Waals surface area contributed by atoms with Crippen LogP contribution >= 0.6 is 0 Å². The molecule has 0 heterocycles. The van der Waals surface area contributed by atoms with Gasteiger partial charge in [0.1, 0.15) is 0 Å². The fourth-order valence-corrected chi connectivity index (χ4v) is 3.10. The quantitative estimate of drug-likeness (QED) is 0.362. The summed E-state index contributed by atoms with van der Waals surface area (Å²) in [4.78, 5) is 12.7. The zero-order chi connectivity index (χ0) is 17.2. The summed E-state index contributed by atoms with van der Waals surface area (Å²) < 4.78 is 0. The number of ketones is 1. The summed E-state index contributed by atoms with van der Waals surface area (Å²) in [5.41, 5.74) is 2.83. The Kier molecular flexibility index (Phi) is 7.74. The molecule has 0 bridgehead atoms. The molecule has 0 unspecified atom stereocenters. The number of carbonyl (C=O) groups is 1. The first-order chi connectivity index (χ1) is 11.7. The summed E-state index contributed by atoms with van der Waals surface area (Å²) in [5, 5.41) is 0. The minimum Gasteiger partial charge on any atom is -0.289 e. The fourth-order valence-electron chi connectivity index (χ4n) is 3.10. The first kappa shape index (κ1) is 18.4. The molecule has 1 nitrogen and oxygen atoms in total. The maximum atomic E-state index is 12.7. The van der Waals surface area contributed by atoms with Gasteiger partial charge in [0.2, 0.25) is 0 Å². The van der Waals surface area contributed by atoms with E-state index < -0.39 is 0 Å². The zero-order valence-corrected chi connectivity index (χ0v) is 15.1. The van der Waals surface area contributed by atoms with Crippen molar-refractivity contribution in [3.05, 3.63) is 71.3 Å². The van der Waals surface area contributed by atoms with Crippen molar-refractivity contribution in [1.29, 1.82) is 0 Å². The first-order valence-corrected chi connectivity index (χ1v) is 9.36. The van der Waals surface area contributed by atoms with Gasteiger partial charge in [0.15, 0.2) is 5.78 Å². The molecule has 0 amide bonds. The summed E-state index contributed by atoms with van der Waals surface area (Å²) in [6.07, 6.45) is 8.76. The van der Waals surface area contributed by atoms with E-state index in [0.717, 1.165) is 23.5 Å². The Morgan fingerprint density at radius 2 is 1.42 bits per heavy atom. The van der Waals surface area contributed by atoms with Crippen LogP contribution in [0.5, 0.6) is 0 Å². The number of carbonyl (C=O) groups excluding carboxylic acids is 1. The highest BCUT2D eigenvalue weighted by molar-refractivity contribution is 6.09. The Balaban J connectivity index is 1.85. The molecule has 0 aliphatic carbocycles. The normalized spacial score (nSPS) is 11.0. The van der Waals surface area contributed by atoms with Gasteiger partial charge in [-0.2, -0.15) is 0 Å². The molecule has 0 fully saturated rings. The molecule has 0 N–H and O–H groups in total. The molecular formula is C23H30O. The van der Waals surface area contributed by atoms with Gasteiger partial charge >= 0.3 is 0 Å². The lowest BCUT2D eigenvalue weighted by atomic mass is 9.95. The Bertz CT molecular complexity index is 613. The lowest BCUT2D eigenvalue weighted by Gasteiger charge is -2.09. The molecule has 0 saturated carbocycles. The molecule has 2 rings (SSSR count). The first-order valence-electron chi connectivity index (χ1n) is 9.36. The molecule has 2 aromatic carbocycles. The molecule has 1 heteroatoms. The van der Waals surface area contributed by atoms with Gasteiger partial charge in [-0.15, -0.1) is 0 Å². The van der Waals surface area contributed by atoms with Gasteiger partial charge < -0.3 is 0 Å². The van der Waals surface area contributed by atoms with E-state index >= 15 is 0 Å². The van der Waals surface area contributed by atoms with Gasteiger partial charge in [-0.3, -0.25) is 4.79 Å². The highest BCUT2D eigenvalue weighted by Crippen LogP contribution is 2.18. The Labute approximate surface area is 147 Å². The number of hydrogen-bond donors (Lipinski definition) is 0. The highest BCUT2D eigenvalue weighted by atomic mass is 16.1. The molecule has 128 valence electrons. The number of benzene rings is 2. The molecular weight excluding hydrogens is 292 g/mol. The Hall–Kier alpha value is -1.89. The second kappa shape index (κ2) is 10.1. The smallest absolute Gasteiger partial charge is 0.193 e. The fraction of sp³-hybridized carbons (Fsp3) is 0.435. The molecule has 0 radical (unpaired) electrons. The van der Waals surface area contributed by atoms with Gasteiger partial charge in [0.05, 0.1) is 0 Å². The number of hydrogen-bond acceptors (Lipinski definition) is 1. The van der Waals surface area contributed by atoms with Crippen LogP contribution in [0.25, 0.3) is 0 Å². The lowest BCUT2D eigenvalue weighted by Crippen LogP contribution is -2.05. The van der Waals surface area contributed by atoms with Gasteiger partial charge in [-0.25, -0.2) is 0 Å². The van der Waals surface area contributed by atoms with E-state index in [4.69, 9.17) is 0 Å². The van der Waals surface area contributed by atoms with Crippen molar-refractivity contribution < 1.29 is 4.79 Å². The summed E-state index contributed by atoms with van der Waals surface area (Å²) in [5.74, 6) is 0.962. The second-order valence-corrected chi connectivity index (χ2v) is 7.05. The van der Waals surface area contributed by atoms with Crippen LogP contribution in [-0.2, 0) is 6.42 Å². The van der Waals surface area contributed by atoms with Gasteiger partial charge in [0, 0.05) is 11.1 Å². The third-order valence-electron chi connectivity index (χ3n) is 4.53. The van der Waals surface area contributed by atoms with Crippen LogP contribution in [0.4, 0.5) is 0 Å². The van der Waals surface area contributed by atoms with Crippen molar-refractivity contribution in [2.45, 2.75) is 58.8 Å². The Morgan fingerprint density at radius 1 is 0.792 bits per heavy atom. The van der Waals surface area contributed by atoms with Crippen LogP contribution in [-0.4, -0.2) is 5.78 Å². The third kappa shape index (κ3) is 5.96. The van der Waals surface area contributed by atoms with E-state index in [2.05, 4.69) is 19.9 Å². The average Bonchev–Trinajstić information content (AvgIpc) is 2.61. The second-order valence-electron chi connectivity index (χ2n) is 7.05. The molecule has 0 aliphatic rings. The van der Waals surface area contributed by atoms with Crippen LogP contribution in [0, 0.1) is 5.92 Å². The van der Waals surface area contributed by atoms with Crippen molar-refractivity contribution in [2.75, 3.05) is 0 Å². The van der Waals surface area contributed by atoms with Crippen LogP contribution in [0.15, 0.2) is 54.6 Å². The van der Waals surface area contributed by atoms with Gasteiger partial charge in [-0.05, 0) is 24.3 Å². The average molecular weight is 322 g/mol. The maximum absolute atomic E-state index is 12.7. The molecule has 2 aromatic rings. The van der Waals surface area contributed by atoms with Crippen molar-refractivity contribution in [2.24, 2.45) is 5.92 Å². The summed E-state index contributed by atoms with van der Waals surface area (Å²) in [6, 6.07) is 17.7. The van der Waals surface area contributed by atoms with Crippen molar-refractivity contribution in [3.63, 3.8) is 0 Å². The zero-order valence-electron chi connectivity index (χ0n) is 15.1. The van der Waals surface area contributed by atoms with Crippen molar-refractivity contribution >= 4 is 5.78 Å². The van der Waals surface area contributed by atoms with E-state index in [1.54, 1.807) is 0 Å². The SMILES string of the molecule is CC(C)CCCCCCCc1ccccc1C(=O)c1ccccc1. The molecule has 0 saturated heterocycles. The summed E-state index contributed by atoms with van der Waals surface area (Å²) in [6.45, 7) is 4.58. The Morgan fingerprint density at radius 3 is 2.17 bits per heavy atom. The molecule has 24 heavy (non-hydrogen) atoms.